The lowest BCUT2D eigenvalue weighted by Gasteiger charge is -2.07. The first-order valence-electron chi connectivity index (χ1n) is 6.82. The summed E-state index contributed by atoms with van der Waals surface area (Å²) in [5.74, 6) is 0.665. The Morgan fingerprint density at radius 3 is 2.75 bits per heavy atom. The summed E-state index contributed by atoms with van der Waals surface area (Å²) in [6.07, 6.45) is 3.09. The second kappa shape index (κ2) is 7.98. The average Bonchev–Trinajstić information content (AvgIpc) is 2.57. The third-order valence-electron chi connectivity index (χ3n) is 3.03. The van der Waals surface area contributed by atoms with Crippen LogP contribution in [0.1, 0.15) is 5.56 Å². The first kappa shape index (κ1) is 17.3. The van der Waals surface area contributed by atoms with E-state index < -0.39 is 11.0 Å². The minimum atomic E-state index is -0.580. The number of nitrogens with zero attached hydrogens (tertiary/aromatic N) is 1. The van der Waals surface area contributed by atoms with E-state index in [1.807, 2.05) is 18.2 Å². The molecular formula is C16H14ClN3O4. The zero-order valence-electron chi connectivity index (χ0n) is 12.7. The highest BCUT2D eigenvalue weighted by Crippen LogP contribution is 2.26. The zero-order valence-corrected chi connectivity index (χ0v) is 13.4. The van der Waals surface area contributed by atoms with Crippen molar-refractivity contribution in [2.45, 2.75) is 0 Å². The number of nitro benzene ring substituents is 1. The number of hydrogen-bond donors (Lipinski definition) is 2. The maximum Gasteiger partial charge on any atom is 0.323 e. The van der Waals surface area contributed by atoms with E-state index in [0.717, 1.165) is 5.56 Å². The number of anilines is 1. The molecule has 2 N–H and O–H groups in total. The van der Waals surface area contributed by atoms with Crippen molar-refractivity contribution in [1.29, 1.82) is 0 Å². The van der Waals surface area contributed by atoms with Crippen LogP contribution in [-0.4, -0.2) is 18.1 Å². The van der Waals surface area contributed by atoms with Crippen LogP contribution in [0, 0.1) is 10.1 Å². The van der Waals surface area contributed by atoms with Crippen molar-refractivity contribution in [3.8, 4) is 5.75 Å². The monoisotopic (exact) mass is 347 g/mol. The van der Waals surface area contributed by atoms with Gasteiger partial charge in [-0.15, -0.1) is 0 Å². The number of non-ortho nitro benzene ring substituents is 1. The molecule has 0 radical (unpaired) electrons. The van der Waals surface area contributed by atoms with Crippen LogP contribution in [-0.2, 0) is 0 Å². The van der Waals surface area contributed by atoms with Crippen LogP contribution in [0.3, 0.4) is 0 Å². The second-order valence-electron chi connectivity index (χ2n) is 4.60. The molecule has 0 heterocycles. The topological polar surface area (TPSA) is 93.5 Å². The fourth-order valence-electron chi connectivity index (χ4n) is 1.89. The number of methoxy groups -OCH3 is 1. The predicted octanol–water partition coefficient (Wildman–Crippen LogP) is 4.05. The molecule has 0 aliphatic heterocycles. The van der Waals surface area contributed by atoms with Gasteiger partial charge in [-0.3, -0.25) is 10.1 Å². The van der Waals surface area contributed by atoms with Gasteiger partial charge in [0.2, 0.25) is 0 Å². The van der Waals surface area contributed by atoms with Crippen molar-refractivity contribution in [3.63, 3.8) is 0 Å². The van der Waals surface area contributed by atoms with Gasteiger partial charge < -0.3 is 15.4 Å². The molecule has 0 saturated carbocycles. The molecule has 124 valence electrons. The Hall–Kier alpha value is -3.06. The van der Waals surface area contributed by atoms with Gasteiger partial charge in [-0.25, -0.2) is 4.79 Å². The first-order valence-corrected chi connectivity index (χ1v) is 7.20. The largest absolute Gasteiger partial charge is 0.496 e. The van der Waals surface area contributed by atoms with Crippen molar-refractivity contribution in [2.24, 2.45) is 0 Å². The van der Waals surface area contributed by atoms with E-state index in [4.69, 9.17) is 16.3 Å². The number of urea groups is 1. The highest BCUT2D eigenvalue weighted by Gasteiger charge is 2.11. The molecule has 0 spiro atoms. The maximum atomic E-state index is 11.9. The number of benzene rings is 2. The standard InChI is InChI=1S/C16H14ClN3O4/c1-24-15-5-3-2-4-11(15)8-9-18-16(21)19-14-10-12(20(22)23)6-7-13(14)17/h2-10H,1H3,(H2,18,19,21)/b9-8+. The first-order chi connectivity index (χ1) is 11.5. The highest BCUT2D eigenvalue weighted by molar-refractivity contribution is 6.33. The van der Waals surface area contributed by atoms with Crippen molar-refractivity contribution in [2.75, 3.05) is 12.4 Å². The van der Waals surface area contributed by atoms with Crippen molar-refractivity contribution in [1.82, 2.24) is 5.32 Å². The molecular weight excluding hydrogens is 334 g/mol. The van der Waals surface area contributed by atoms with Crippen molar-refractivity contribution < 1.29 is 14.5 Å². The van der Waals surface area contributed by atoms with Gasteiger partial charge in [-0.2, -0.15) is 0 Å². The van der Waals surface area contributed by atoms with E-state index >= 15 is 0 Å². The summed E-state index contributed by atoms with van der Waals surface area (Å²) in [7, 11) is 1.55. The lowest BCUT2D eigenvalue weighted by atomic mass is 10.2. The number of amides is 2. The van der Waals surface area contributed by atoms with Crippen molar-refractivity contribution >= 4 is 35.1 Å². The highest BCUT2D eigenvalue weighted by atomic mass is 35.5. The number of ether oxygens (including phenoxy) is 1. The van der Waals surface area contributed by atoms with E-state index in [1.165, 1.54) is 24.4 Å². The fourth-order valence-corrected chi connectivity index (χ4v) is 2.06. The van der Waals surface area contributed by atoms with Crippen LogP contribution in [0.2, 0.25) is 5.02 Å². The number of rotatable bonds is 5. The third kappa shape index (κ3) is 4.47. The van der Waals surface area contributed by atoms with Gasteiger partial charge in [0.05, 0.1) is 22.7 Å². The van der Waals surface area contributed by atoms with E-state index in [9.17, 15) is 14.9 Å². The second-order valence-corrected chi connectivity index (χ2v) is 5.00. The Labute approximate surface area is 143 Å². The van der Waals surface area contributed by atoms with Gasteiger partial charge in [0, 0.05) is 23.9 Å². The molecule has 0 unspecified atom stereocenters. The van der Waals surface area contributed by atoms with E-state index in [0.29, 0.717) is 5.75 Å². The summed E-state index contributed by atoms with van der Waals surface area (Å²) in [6.45, 7) is 0. The fraction of sp³-hybridized carbons (Fsp3) is 0.0625. The number of carbonyl (C=O) groups excluding carboxylic acids is 1. The normalized spacial score (nSPS) is 10.4. The molecule has 0 bridgehead atoms. The summed E-state index contributed by atoms with van der Waals surface area (Å²) in [5, 5.41) is 15.9. The van der Waals surface area contributed by atoms with Gasteiger partial charge >= 0.3 is 6.03 Å². The van der Waals surface area contributed by atoms with Crippen molar-refractivity contribution in [3.05, 3.63) is 69.4 Å². The molecule has 24 heavy (non-hydrogen) atoms. The minimum Gasteiger partial charge on any atom is -0.496 e. The number of halogens is 1. The number of carbonyl (C=O) groups is 1. The molecule has 0 aliphatic carbocycles. The van der Waals surface area contributed by atoms with Crippen LogP contribution >= 0.6 is 11.6 Å². The Bertz CT molecular complexity index is 793. The Kier molecular flexibility index (Phi) is 5.75. The van der Waals surface area contributed by atoms with Gasteiger partial charge in [0.15, 0.2) is 0 Å². The number of hydrogen-bond acceptors (Lipinski definition) is 4. The number of nitro groups is 1. The maximum absolute atomic E-state index is 11.9. The Morgan fingerprint density at radius 2 is 2.04 bits per heavy atom. The zero-order chi connectivity index (χ0) is 17.5. The summed E-state index contributed by atoms with van der Waals surface area (Å²) in [6, 6.07) is 10.5. The quantitative estimate of drug-likeness (QED) is 0.630. The average molecular weight is 348 g/mol. The SMILES string of the molecule is COc1ccccc1/C=C/NC(=O)Nc1cc([N+](=O)[O-])ccc1Cl. The van der Waals surface area contributed by atoms with Crippen LogP contribution < -0.4 is 15.4 Å². The lowest BCUT2D eigenvalue weighted by Crippen LogP contribution is -2.23. The number of para-hydroxylation sites is 1. The number of nitrogens with one attached hydrogen (secondary N) is 2. The molecule has 7 nitrogen and oxygen atoms in total. The van der Waals surface area contributed by atoms with Crippen LogP contribution in [0.15, 0.2) is 48.7 Å². The predicted molar refractivity (Wildman–Crippen MR) is 92.3 cm³/mol. The summed E-state index contributed by atoms with van der Waals surface area (Å²) in [5.41, 5.74) is 0.766. The molecule has 2 rings (SSSR count). The third-order valence-corrected chi connectivity index (χ3v) is 3.35. The summed E-state index contributed by atoms with van der Waals surface area (Å²) >= 11 is 5.91. The van der Waals surface area contributed by atoms with E-state index in [-0.39, 0.29) is 16.4 Å². The Balaban J connectivity index is 2.02. The van der Waals surface area contributed by atoms with Crippen LogP contribution in [0.4, 0.5) is 16.2 Å². The molecule has 2 aromatic rings. The minimum absolute atomic E-state index is 0.147. The molecule has 2 aromatic carbocycles. The summed E-state index contributed by atoms with van der Waals surface area (Å²) < 4.78 is 5.19. The van der Waals surface area contributed by atoms with Gasteiger partial charge in [0.25, 0.3) is 5.69 Å². The van der Waals surface area contributed by atoms with Crippen LogP contribution in [0.25, 0.3) is 6.08 Å². The molecule has 0 saturated heterocycles. The van der Waals surface area contributed by atoms with Gasteiger partial charge in [0.1, 0.15) is 5.75 Å². The van der Waals surface area contributed by atoms with Gasteiger partial charge in [-0.1, -0.05) is 29.8 Å². The smallest absolute Gasteiger partial charge is 0.323 e. The van der Waals surface area contributed by atoms with Crippen LogP contribution in [0.5, 0.6) is 5.75 Å². The molecule has 0 fully saturated rings. The van der Waals surface area contributed by atoms with Gasteiger partial charge in [-0.05, 0) is 18.2 Å². The van der Waals surface area contributed by atoms with E-state index in [1.54, 1.807) is 19.3 Å². The molecule has 0 aromatic heterocycles. The molecule has 0 aliphatic rings. The molecule has 0 atom stereocenters. The van der Waals surface area contributed by atoms with E-state index in [2.05, 4.69) is 10.6 Å². The molecule has 8 heteroatoms. The Morgan fingerprint density at radius 1 is 1.29 bits per heavy atom. The summed E-state index contributed by atoms with van der Waals surface area (Å²) in [4.78, 5) is 22.0. The molecule has 2 amide bonds. The lowest BCUT2D eigenvalue weighted by molar-refractivity contribution is -0.384.